The van der Waals surface area contributed by atoms with Gasteiger partial charge in [0.05, 0.1) is 16.1 Å². The summed E-state index contributed by atoms with van der Waals surface area (Å²) in [5.41, 5.74) is 0.973. The van der Waals surface area contributed by atoms with Gasteiger partial charge in [0, 0.05) is 37.8 Å². The van der Waals surface area contributed by atoms with Crippen LogP contribution in [0.5, 0.6) is 5.75 Å². The summed E-state index contributed by atoms with van der Waals surface area (Å²) in [6.07, 6.45) is 2.29. The van der Waals surface area contributed by atoms with Crippen molar-refractivity contribution in [3.05, 3.63) is 70.7 Å². The normalized spacial score (nSPS) is 15.8. The van der Waals surface area contributed by atoms with Crippen LogP contribution in [0.2, 0.25) is 10.0 Å². The fourth-order valence-corrected chi connectivity index (χ4v) is 4.10. The first kappa shape index (κ1) is 23.6. The van der Waals surface area contributed by atoms with Crippen molar-refractivity contribution in [2.45, 2.75) is 25.0 Å². The lowest BCUT2D eigenvalue weighted by Crippen LogP contribution is -2.45. The molecule has 3 aromatic rings. The van der Waals surface area contributed by atoms with Crippen LogP contribution in [0.4, 0.5) is 0 Å². The molecule has 2 N–H and O–H groups in total. The van der Waals surface area contributed by atoms with Crippen LogP contribution in [0.25, 0.3) is 11.3 Å². The van der Waals surface area contributed by atoms with Crippen LogP contribution < -0.4 is 10.1 Å². The number of hydrogen-bond donors (Lipinski definition) is 2. The van der Waals surface area contributed by atoms with Crippen molar-refractivity contribution in [2.75, 3.05) is 26.2 Å². The van der Waals surface area contributed by atoms with E-state index in [2.05, 4.69) is 15.2 Å². The third-order valence-corrected chi connectivity index (χ3v) is 6.25. The first-order valence-electron chi connectivity index (χ1n) is 10.8. The molecule has 1 aliphatic heterocycles. The molecule has 0 spiro atoms. The number of aliphatic hydroxyl groups excluding tert-OH is 1. The zero-order valence-corrected chi connectivity index (χ0v) is 19.4. The number of halogens is 2. The number of amides is 1. The molecule has 1 aromatic heterocycles. The van der Waals surface area contributed by atoms with Crippen molar-refractivity contribution in [3.63, 3.8) is 0 Å². The van der Waals surface area contributed by atoms with E-state index in [0.29, 0.717) is 28.1 Å². The zero-order valence-electron chi connectivity index (χ0n) is 17.9. The van der Waals surface area contributed by atoms with Gasteiger partial charge in [0.1, 0.15) is 11.9 Å². The number of carbonyl (C=O) groups excluding carboxylic acids is 1. The van der Waals surface area contributed by atoms with Crippen molar-refractivity contribution in [1.82, 2.24) is 15.2 Å². The number of carbonyl (C=O) groups is 1. The first-order chi connectivity index (χ1) is 16.0. The molecular formula is C24H25Cl2N3O4. The van der Waals surface area contributed by atoms with E-state index in [-0.39, 0.29) is 24.2 Å². The van der Waals surface area contributed by atoms with E-state index >= 15 is 0 Å². The summed E-state index contributed by atoms with van der Waals surface area (Å²) in [6, 6.07) is 14.6. The quantitative estimate of drug-likeness (QED) is 0.490. The maximum absolute atomic E-state index is 12.6. The molecule has 0 radical (unpaired) electrons. The molecule has 4 rings (SSSR count). The summed E-state index contributed by atoms with van der Waals surface area (Å²) < 4.78 is 11.4. The number of aromatic nitrogens is 1. The molecule has 9 heteroatoms. The molecule has 2 aromatic carbocycles. The fourth-order valence-electron chi connectivity index (χ4n) is 3.81. The van der Waals surface area contributed by atoms with E-state index < -0.39 is 6.10 Å². The second-order valence-electron chi connectivity index (χ2n) is 7.95. The second kappa shape index (κ2) is 11.0. The third kappa shape index (κ3) is 6.26. The number of hydrogen-bond acceptors (Lipinski definition) is 6. The Morgan fingerprint density at radius 1 is 1.18 bits per heavy atom. The lowest BCUT2D eigenvalue weighted by molar-refractivity contribution is 0.0593. The molecule has 1 amide bonds. The van der Waals surface area contributed by atoms with Crippen LogP contribution in [0, 0.1) is 0 Å². The molecule has 1 saturated heterocycles. The molecule has 7 nitrogen and oxygen atoms in total. The molecule has 0 saturated carbocycles. The SMILES string of the molecule is O=C(NC[C@@H](O)CN1CCC(Oc2ccc(Cl)c(Cl)c2)CC1)c1ncoc1-c1ccccc1. The molecule has 0 aliphatic carbocycles. The molecule has 1 fully saturated rings. The van der Waals surface area contributed by atoms with Gasteiger partial charge in [-0.2, -0.15) is 0 Å². The topological polar surface area (TPSA) is 87.8 Å². The van der Waals surface area contributed by atoms with Gasteiger partial charge in [-0.15, -0.1) is 0 Å². The van der Waals surface area contributed by atoms with Gasteiger partial charge in [0.25, 0.3) is 5.91 Å². The summed E-state index contributed by atoms with van der Waals surface area (Å²) >= 11 is 12.0. The average Bonchev–Trinajstić information content (AvgIpc) is 3.32. The minimum absolute atomic E-state index is 0.0823. The van der Waals surface area contributed by atoms with E-state index in [4.69, 9.17) is 32.4 Å². The van der Waals surface area contributed by atoms with Crippen LogP contribution in [0.15, 0.2) is 59.3 Å². The summed E-state index contributed by atoms with van der Waals surface area (Å²) in [7, 11) is 0. The van der Waals surface area contributed by atoms with Gasteiger partial charge in [0.15, 0.2) is 17.8 Å². The highest BCUT2D eigenvalue weighted by Crippen LogP contribution is 2.28. The number of β-amino-alcohol motifs (C(OH)–C–C–N with tert-alkyl or cyclic N) is 1. The van der Waals surface area contributed by atoms with Crippen molar-refractivity contribution in [3.8, 4) is 17.1 Å². The van der Waals surface area contributed by atoms with Crippen LogP contribution in [-0.2, 0) is 0 Å². The Bertz CT molecular complexity index is 1070. The summed E-state index contributed by atoms with van der Waals surface area (Å²) in [5.74, 6) is 0.732. The minimum Gasteiger partial charge on any atom is -0.490 e. The van der Waals surface area contributed by atoms with Crippen LogP contribution in [0.3, 0.4) is 0 Å². The number of rotatable bonds is 8. The van der Waals surface area contributed by atoms with E-state index in [1.165, 1.54) is 6.39 Å². The number of aliphatic hydroxyl groups is 1. The maximum atomic E-state index is 12.6. The van der Waals surface area contributed by atoms with Gasteiger partial charge in [-0.05, 0) is 25.0 Å². The van der Waals surface area contributed by atoms with Gasteiger partial charge >= 0.3 is 0 Å². The van der Waals surface area contributed by atoms with E-state index in [1.54, 1.807) is 12.1 Å². The Morgan fingerprint density at radius 2 is 1.94 bits per heavy atom. The highest BCUT2D eigenvalue weighted by Gasteiger charge is 2.23. The van der Waals surface area contributed by atoms with Gasteiger partial charge in [0.2, 0.25) is 0 Å². The predicted molar refractivity (Wildman–Crippen MR) is 127 cm³/mol. The van der Waals surface area contributed by atoms with Gasteiger partial charge in [-0.25, -0.2) is 4.98 Å². The third-order valence-electron chi connectivity index (χ3n) is 5.51. The van der Waals surface area contributed by atoms with Crippen molar-refractivity contribution in [2.24, 2.45) is 0 Å². The van der Waals surface area contributed by atoms with Crippen molar-refractivity contribution in [1.29, 1.82) is 0 Å². The van der Waals surface area contributed by atoms with Gasteiger partial charge in [-0.3, -0.25) is 4.79 Å². The maximum Gasteiger partial charge on any atom is 0.274 e. The molecule has 0 bridgehead atoms. The number of nitrogens with zero attached hydrogens (tertiary/aromatic N) is 2. The summed E-state index contributed by atoms with van der Waals surface area (Å²) in [5, 5.41) is 14.2. The number of benzene rings is 2. The van der Waals surface area contributed by atoms with Crippen LogP contribution >= 0.6 is 23.2 Å². The molecule has 174 valence electrons. The highest BCUT2D eigenvalue weighted by molar-refractivity contribution is 6.42. The summed E-state index contributed by atoms with van der Waals surface area (Å²) in [6.45, 7) is 2.17. The largest absolute Gasteiger partial charge is 0.490 e. The van der Waals surface area contributed by atoms with E-state index in [9.17, 15) is 9.90 Å². The highest BCUT2D eigenvalue weighted by atomic mass is 35.5. The molecule has 1 aliphatic rings. The van der Waals surface area contributed by atoms with Crippen LogP contribution in [-0.4, -0.2) is 59.3 Å². The molecule has 33 heavy (non-hydrogen) atoms. The minimum atomic E-state index is -0.700. The Balaban J connectivity index is 1.21. The Kier molecular flexibility index (Phi) is 7.88. The van der Waals surface area contributed by atoms with Crippen molar-refractivity contribution >= 4 is 29.1 Å². The van der Waals surface area contributed by atoms with Gasteiger partial charge < -0.3 is 24.5 Å². The Labute approximate surface area is 202 Å². The Morgan fingerprint density at radius 3 is 2.67 bits per heavy atom. The standard InChI is InChI=1S/C24H25Cl2N3O4/c25-20-7-6-19(12-21(20)26)33-18-8-10-29(11-9-18)14-17(30)13-27-24(31)22-23(32-15-28-22)16-4-2-1-3-5-16/h1-7,12,15,17-18,30H,8-11,13-14H2,(H,27,31)/t17-/m1/s1. The second-order valence-corrected chi connectivity index (χ2v) is 8.77. The molecular weight excluding hydrogens is 465 g/mol. The lowest BCUT2D eigenvalue weighted by Gasteiger charge is -2.33. The smallest absolute Gasteiger partial charge is 0.274 e. The average molecular weight is 490 g/mol. The van der Waals surface area contributed by atoms with E-state index in [0.717, 1.165) is 31.5 Å². The number of piperidine rings is 1. The predicted octanol–water partition coefficient (Wildman–Crippen LogP) is 4.28. The molecule has 0 unspecified atom stereocenters. The first-order valence-corrected chi connectivity index (χ1v) is 11.5. The van der Waals surface area contributed by atoms with Crippen molar-refractivity contribution < 1.29 is 19.1 Å². The number of ether oxygens (including phenoxy) is 1. The fraction of sp³-hybridized carbons (Fsp3) is 0.333. The number of nitrogens with one attached hydrogen (secondary N) is 1. The summed E-state index contributed by atoms with van der Waals surface area (Å²) in [4.78, 5) is 18.8. The molecule has 2 heterocycles. The lowest BCUT2D eigenvalue weighted by atomic mass is 10.1. The zero-order chi connectivity index (χ0) is 23.2. The number of oxazole rings is 1. The van der Waals surface area contributed by atoms with Gasteiger partial charge in [-0.1, -0.05) is 53.5 Å². The monoisotopic (exact) mass is 489 g/mol. The van der Waals surface area contributed by atoms with Crippen LogP contribution in [0.1, 0.15) is 23.3 Å². The molecule has 1 atom stereocenters. The Hall–Kier alpha value is -2.58. The number of likely N-dealkylation sites (tertiary alicyclic amines) is 1. The van der Waals surface area contributed by atoms with E-state index in [1.807, 2.05) is 36.4 Å².